The van der Waals surface area contributed by atoms with Crippen molar-refractivity contribution in [3.8, 4) is 22.6 Å². The maximum atomic E-state index is 9.89. The minimum Gasteiger partial charge on any atom is -0.507 e. The van der Waals surface area contributed by atoms with Gasteiger partial charge >= 0.3 is 0 Å². The molecule has 2 aromatic carbocycles. The third-order valence-corrected chi connectivity index (χ3v) is 5.10. The number of aromatic hydroxyl groups is 1. The lowest BCUT2D eigenvalue weighted by molar-refractivity contribution is 0.344. The van der Waals surface area contributed by atoms with E-state index >= 15 is 0 Å². The van der Waals surface area contributed by atoms with E-state index in [-0.39, 0.29) is 0 Å². The number of phenols is 1. The van der Waals surface area contributed by atoms with Gasteiger partial charge in [0.2, 0.25) is 0 Å². The Morgan fingerprint density at radius 2 is 1.58 bits per heavy atom. The van der Waals surface area contributed by atoms with Crippen molar-refractivity contribution < 1.29 is 9.84 Å². The topological polar surface area (TPSA) is 29.5 Å². The van der Waals surface area contributed by atoms with Crippen molar-refractivity contribution in [2.75, 3.05) is 18.1 Å². The van der Waals surface area contributed by atoms with Gasteiger partial charge in [-0.15, -0.1) is 0 Å². The lowest BCUT2D eigenvalue weighted by atomic mass is 10.00. The summed E-state index contributed by atoms with van der Waals surface area (Å²) in [5.41, 5.74) is 4.08. The normalized spacial score (nSPS) is 10.8. The summed E-state index contributed by atoms with van der Waals surface area (Å²) in [5, 5.41) is 9.89. The van der Waals surface area contributed by atoms with Crippen LogP contribution in [0, 0.1) is 13.8 Å². The molecule has 2 aromatic rings. The van der Waals surface area contributed by atoms with Gasteiger partial charge in [0, 0.05) is 5.75 Å². The predicted octanol–water partition coefficient (Wildman–Crippen LogP) is 5.98. The van der Waals surface area contributed by atoms with Gasteiger partial charge in [-0.1, -0.05) is 31.9 Å². The van der Waals surface area contributed by atoms with E-state index in [0.717, 1.165) is 40.4 Å². The molecule has 0 saturated heterocycles. The molecule has 0 unspecified atom stereocenters. The quantitative estimate of drug-likeness (QED) is 0.568. The third kappa shape index (κ3) is 5.48. The van der Waals surface area contributed by atoms with Gasteiger partial charge in [0.15, 0.2) is 0 Å². The molecule has 0 aliphatic heterocycles. The maximum Gasteiger partial charge on any atom is 0.121 e. The highest BCUT2D eigenvalue weighted by Gasteiger charge is 2.05. The first kappa shape index (κ1) is 18.7. The molecule has 0 fully saturated rings. The number of benzene rings is 2. The Kier molecular flexibility index (Phi) is 7.51. The van der Waals surface area contributed by atoms with Crippen molar-refractivity contribution in [3.05, 3.63) is 47.5 Å². The second-order valence-electron chi connectivity index (χ2n) is 6.15. The van der Waals surface area contributed by atoms with Crippen LogP contribution in [0.25, 0.3) is 11.1 Å². The van der Waals surface area contributed by atoms with E-state index in [9.17, 15) is 5.11 Å². The fourth-order valence-electron chi connectivity index (χ4n) is 2.64. The molecular formula is C21H28O2S. The van der Waals surface area contributed by atoms with E-state index in [4.69, 9.17) is 4.74 Å². The van der Waals surface area contributed by atoms with E-state index in [0.29, 0.717) is 5.75 Å². The molecule has 0 radical (unpaired) electrons. The van der Waals surface area contributed by atoms with Gasteiger partial charge in [-0.25, -0.2) is 0 Å². The number of thioether (sulfide) groups is 1. The van der Waals surface area contributed by atoms with Crippen LogP contribution in [0.4, 0.5) is 0 Å². The standard InChI is InChI=1S/C21H28O2S/c1-4-5-6-12-24-13-11-23-20-9-7-18(8-10-20)19-14-16(2)21(22)17(3)15-19/h7-10,14-15,22H,4-6,11-13H2,1-3H3. The number of hydrogen-bond acceptors (Lipinski definition) is 3. The van der Waals surface area contributed by atoms with Crippen LogP contribution < -0.4 is 4.74 Å². The Balaban J connectivity index is 1.85. The summed E-state index contributed by atoms with van der Waals surface area (Å²) < 4.78 is 5.81. The van der Waals surface area contributed by atoms with E-state index in [1.165, 1.54) is 25.0 Å². The molecule has 3 heteroatoms. The molecule has 0 aromatic heterocycles. The average molecular weight is 345 g/mol. The summed E-state index contributed by atoms with van der Waals surface area (Å²) in [4.78, 5) is 0. The predicted molar refractivity (Wildman–Crippen MR) is 105 cm³/mol. The highest BCUT2D eigenvalue weighted by atomic mass is 32.2. The monoisotopic (exact) mass is 344 g/mol. The summed E-state index contributed by atoms with van der Waals surface area (Å²) in [6.45, 7) is 6.86. The molecule has 24 heavy (non-hydrogen) atoms. The molecule has 0 bridgehead atoms. The van der Waals surface area contributed by atoms with Crippen LogP contribution in [0.15, 0.2) is 36.4 Å². The van der Waals surface area contributed by atoms with Crippen molar-refractivity contribution >= 4 is 11.8 Å². The minimum absolute atomic E-state index is 0.384. The molecule has 0 spiro atoms. The van der Waals surface area contributed by atoms with Crippen LogP contribution in [0.5, 0.6) is 11.5 Å². The molecule has 0 heterocycles. The second kappa shape index (κ2) is 9.63. The molecule has 0 aliphatic rings. The first-order valence-electron chi connectivity index (χ1n) is 8.73. The Hall–Kier alpha value is -1.61. The summed E-state index contributed by atoms with van der Waals surface area (Å²) in [5.74, 6) is 3.58. The Bertz CT molecular complexity index is 612. The number of hydrogen-bond donors (Lipinski definition) is 1. The highest BCUT2D eigenvalue weighted by molar-refractivity contribution is 7.99. The van der Waals surface area contributed by atoms with E-state index in [1.54, 1.807) is 0 Å². The van der Waals surface area contributed by atoms with Crippen LogP contribution >= 0.6 is 11.8 Å². The summed E-state index contributed by atoms with van der Waals surface area (Å²) >= 11 is 1.97. The van der Waals surface area contributed by atoms with Gasteiger partial charge in [0.25, 0.3) is 0 Å². The number of ether oxygens (including phenoxy) is 1. The number of phenolic OH excluding ortho intramolecular Hbond substituents is 1. The second-order valence-corrected chi connectivity index (χ2v) is 7.38. The van der Waals surface area contributed by atoms with Crippen molar-refractivity contribution in [2.45, 2.75) is 40.0 Å². The first-order chi connectivity index (χ1) is 11.6. The van der Waals surface area contributed by atoms with Crippen LogP contribution in [0.1, 0.15) is 37.3 Å². The highest BCUT2D eigenvalue weighted by Crippen LogP contribution is 2.30. The van der Waals surface area contributed by atoms with E-state index in [1.807, 2.05) is 49.9 Å². The molecule has 0 amide bonds. The molecule has 1 N–H and O–H groups in total. The molecule has 0 saturated carbocycles. The fraction of sp³-hybridized carbons (Fsp3) is 0.429. The van der Waals surface area contributed by atoms with Gasteiger partial charge in [-0.05, 0) is 72.5 Å². The average Bonchev–Trinajstić information content (AvgIpc) is 2.59. The molecule has 2 nitrogen and oxygen atoms in total. The Morgan fingerprint density at radius 1 is 0.917 bits per heavy atom. The minimum atomic E-state index is 0.384. The summed E-state index contributed by atoms with van der Waals surface area (Å²) in [7, 11) is 0. The molecule has 130 valence electrons. The zero-order chi connectivity index (χ0) is 17.4. The van der Waals surface area contributed by atoms with Crippen LogP contribution in [0.3, 0.4) is 0 Å². The van der Waals surface area contributed by atoms with Crippen molar-refractivity contribution in [3.63, 3.8) is 0 Å². The van der Waals surface area contributed by atoms with E-state index < -0.39 is 0 Å². The summed E-state index contributed by atoms with van der Waals surface area (Å²) in [6, 6.07) is 12.2. The van der Waals surface area contributed by atoms with Crippen molar-refractivity contribution in [2.24, 2.45) is 0 Å². The zero-order valence-electron chi connectivity index (χ0n) is 15.0. The van der Waals surface area contributed by atoms with Gasteiger partial charge in [0.05, 0.1) is 6.61 Å². The Labute approximate surface area is 150 Å². The SMILES string of the molecule is CCCCCSCCOc1ccc(-c2cc(C)c(O)c(C)c2)cc1. The molecule has 0 atom stereocenters. The van der Waals surface area contributed by atoms with E-state index in [2.05, 4.69) is 19.1 Å². The summed E-state index contributed by atoms with van der Waals surface area (Å²) in [6.07, 6.45) is 3.91. The van der Waals surface area contributed by atoms with Gasteiger partial charge < -0.3 is 9.84 Å². The molecular weight excluding hydrogens is 316 g/mol. The Morgan fingerprint density at radius 3 is 2.21 bits per heavy atom. The fourth-order valence-corrected chi connectivity index (χ4v) is 3.45. The smallest absolute Gasteiger partial charge is 0.121 e. The van der Waals surface area contributed by atoms with Crippen LogP contribution in [-0.4, -0.2) is 23.2 Å². The number of aryl methyl sites for hydroxylation is 2. The third-order valence-electron chi connectivity index (χ3n) is 4.07. The van der Waals surface area contributed by atoms with Crippen LogP contribution in [0.2, 0.25) is 0 Å². The lowest BCUT2D eigenvalue weighted by Crippen LogP contribution is -2.00. The molecule has 2 rings (SSSR count). The maximum absolute atomic E-state index is 9.89. The number of unbranched alkanes of at least 4 members (excludes halogenated alkanes) is 2. The van der Waals surface area contributed by atoms with Gasteiger partial charge in [0.1, 0.15) is 11.5 Å². The van der Waals surface area contributed by atoms with Crippen LogP contribution in [-0.2, 0) is 0 Å². The molecule has 0 aliphatic carbocycles. The van der Waals surface area contributed by atoms with Crippen molar-refractivity contribution in [1.29, 1.82) is 0 Å². The first-order valence-corrected chi connectivity index (χ1v) is 9.88. The zero-order valence-corrected chi connectivity index (χ0v) is 15.8. The number of rotatable bonds is 9. The largest absolute Gasteiger partial charge is 0.507 e. The van der Waals surface area contributed by atoms with Gasteiger partial charge in [-0.3, -0.25) is 0 Å². The van der Waals surface area contributed by atoms with Gasteiger partial charge in [-0.2, -0.15) is 11.8 Å². The lowest BCUT2D eigenvalue weighted by Gasteiger charge is -2.10. The van der Waals surface area contributed by atoms with Crippen molar-refractivity contribution in [1.82, 2.24) is 0 Å².